The molecule has 1 aromatic rings. The standard InChI is InChI=1S/C13H19BrN2O/c1-3-9(2)12(15)13(17)16-8-10-4-6-11(14)7-5-10/h4-7,9,12H,3,8,15H2,1-2H3,(H,16,17). The van der Waals surface area contributed by atoms with Crippen LogP contribution in [0.4, 0.5) is 0 Å². The fraction of sp³-hybridized carbons (Fsp3) is 0.462. The van der Waals surface area contributed by atoms with Crippen molar-refractivity contribution >= 4 is 21.8 Å². The molecule has 3 N–H and O–H groups in total. The molecular formula is C13H19BrN2O. The third-order valence-electron chi connectivity index (χ3n) is 2.94. The predicted octanol–water partition coefficient (Wildman–Crippen LogP) is 2.44. The molecule has 0 aliphatic carbocycles. The Morgan fingerprint density at radius 1 is 1.41 bits per heavy atom. The Morgan fingerprint density at radius 3 is 2.53 bits per heavy atom. The van der Waals surface area contributed by atoms with Crippen molar-refractivity contribution in [2.75, 3.05) is 0 Å². The predicted molar refractivity (Wildman–Crippen MR) is 73.4 cm³/mol. The number of carbonyl (C=O) groups is 1. The topological polar surface area (TPSA) is 55.1 Å². The Balaban J connectivity index is 2.45. The van der Waals surface area contributed by atoms with Crippen molar-refractivity contribution in [1.82, 2.24) is 5.32 Å². The summed E-state index contributed by atoms with van der Waals surface area (Å²) in [6.45, 7) is 4.55. The van der Waals surface area contributed by atoms with Gasteiger partial charge in [-0.25, -0.2) is 0 Å². The van der Waals surface area contributed by atoms with E-state index in [0.717, 1.165) is 16.5 Å². The van der Waals surface area contributed by atoms with Gasteiger partial charge in [0.25, 0.3) is 0 Å². The van der Waals surface area contributed by atoms with Crippen LogP contribution in [0.1, 0.15) is 25.8 Å². The summed E-state index contributed by atoms with van der Waals surface area (Å²) < 4.78 is 1.03. The zero-order chi connectivity index (χ0) is 12.8. The monoisotopic (exact) mass is 298 g/mol. The summed E-state index contributed by atoms with van der Waals surface area (Å²) in [5.41, 5.74) is 6.91. The minimum atomic E-state index is -0.421. The highest BCUT2D eigenvalue weighted by Gasteiger charge is 2.18. The number of hydrogen-bond donors (Lipinski definition) is 2. The van der Waals surface area contributed by atoms with Crippen molar-refractivity contribution < 1.29 is 4.79 Å². The molecule has 94 valence electrons. The van der Waals surface area contributed by atoms with E-state index >= 15 is 0 Å². The molecule has 0 spiro atoms. The van der Waals surface area contributed by atoms with E-state index in [1.807, 2.05) is 38.1 Å². The van der Waals surface area contributed by atoms with E-state index in [4.69, 9.17) is 5.73 Å². The van der Waals surface area contributed by atoms with Gasteiger partial charge in [0.1, 0.15) is 0 Å². The van der Waals surface area contributed by atoms with Crippen molar-refractivity contribution in [3.63, 3.8) is 0 Å². The number of carbonyl (C=O) groups excluding carboxylic acids is 1. The molecule has 0 aliphatic heterocycles. The molecule has 0 saturated carbocycles. The highest BCUT2D eigenvalue weighted by Crippen LogP contribution is 2.10. The summed E-state index contributed by atoms with van der Waals surface area (Å²) >= 11 is 3.37. The first-order chi connectivity index (χ1) is 8.04. The Bertz CT molecular complexity index is 364. The molecular weight excluding hydrogens is 280 g/mol. The van der Waals surface area contributed by atoms with E-state index in [-0.39, 0.29) is 11.8 Å². The zero-order valence-corrected chi connectivity index (χ0v) is 11.8. The lowest BCUT2D eigenvalue weighted by Crippen LogP contribution is -2.44. The summed E-state index contributed by atoms with van der Waals surface area (Å²) in [6.07, 6.45) is 0.910. The molecule has 4 heteroatoms. The van der Waals surface area contributed by atoms with Gasteiger partial charge in [-0.15, -0.1) is 0 Å². The first-order valence-corrected chi connectivity index (χ1v) is 6.61. The lowest BCUT2D eigenvalue weighted by Gasteiger charge is -2.17. The number of nitrogens with two attached hydrogens (primary N) is 1. The number of amides is 1. The zero-order valence-electron chi connectivity index (χ0n) is 10.2. The minimum Gasteiger partial charge on any atom is -0.351 e. The molecule has 2 atom stereocenters. The van der Waals surface area contributed by atoms with Gasteiger partial charge in [0.05, 0.1) is 6.04 Å². The molecule has 3 nitrogen and oxygen atoms in total. The molecule has 1 amide bonds. The molecule has 0 aromatic heterocycles. The van der Waals surface area contributed by atoms with Gasteiger partial charge in [0.2, 0.25) is 5.91 Å². The highest BCUT2D eigenvalue weighted by atomic mass is 79.9. The van der Waals surface area contributed by atoms with Gasteiger partial charge < -0.3 is 11.1 Å². The van der Waals surface area contributed by atoms with E-state index in [9.17, 15) is 4.79 Å². The van der Waals surface area contributed by atoms with Gasteiger partial charge in [-0.1, -0.05) is 48.3 Å². The molecule has 2 unspecified atom stereocenters. The van der Waals surface area contributed by atoms with Gasteiger partial charge >= 0.3 is 0 Å². The van der Waals surface area contributed by atoms with E-state index in [0.29, 0.717) is 6.54 Å². The SMILES string of the molecule is CCC(C)C(N)C(=O)NCc1ccc(Br)cc1. The number of nitrogens with one attached hydrogen (secondary N) is 1. The molecule has 17 heavy (non-hydrogen) atoms. The number of hydrogen-bond acceptors (Lipinski definition) is 2. The molecule has 1 aromatic carbocycles. The average Bonchev–Trinajstić information content (AvgIpc) is 2.35. The van der Waals surface area contributed by atoms with Crippen molar-refractivity contribution in [3.8, 4) is 0 Å². The summed E-state index contributed by atoms with van der Waals surface area (Å²) in [5, 5.41) is 2.85. The second-order valence-corrected chi connectivity index (χ2v) is 5.17. The number of rotatable bonds is 5. The average molecular weight is 299 g/mol. The molecule has 0 heterocycles. The first-order valence-electron chi connectivity index (χ1n) is 5.82. The van der Waals surface area contributed by atoms with Crippen molar-refractivity contribution in [2.45, 2.75) is 32.9 Å². The third-order valence-corrected chi connectivity index (χ3v) is 3.47. The Kier molecular flexibility index (Phi) is 5.65. The minimum absolute atomic E-state index is 0.0812. The van der Waals surface area contributed by atoms with Crippen LogP contribution in [0.25, 0.3) is 0 Å². The lowest BCUT2D eigenvalue weighted by atomic mass is 9.99. The maximum Gasteiger partial charge on any atom is 0.237 e. The smallest absolute Gasteiger partial charge is 0.237 e. The lowest BCUT2D eigenvalue weighted by molar-refractivity contribution is -0.123. The normalized spacial score (nSPS) is 14.1. The maximum atomic E-state index is 11.7. The summed E-state index contributed by atoms with van der Waals surface area (Å²) in [4.78, 5) is 11.7. The molecule has 0 bridgehead atoms. The van der Waals surface area contributed by atoms with Crippen molar-refractivity contribution in [2.24, 2.45) is 11.7 Å². The van der Waals surface area contributed by atoms with Gasteiger partial charge in [0, 0.05) is 11.0 Å². The van der Waals surface area contributed by atoms with Crippen LogP contribution in [-0.4, -0.2) is 11.9 Å². The van der Waals surface area contributed by atoms with Gasteiger partial charge in [-0.2, -0.15) is 0 Å². The quantitative estimate of drug-likeness (QED) is 0.877. The Morgan fingerprint density at radius 2 is 2.00 bits per heavy atom. The van der Waals surface area contributed by atoms with Gasteiger partial charge in [-0.05, 0) is 23.6 Å². The van der Waals surface area contributed by atoms with E-state index in [1.165, 1.54) is 0 Å². The van der Waals surface area contributed by atoms with Crippen molar-refractivity contribution in [1.29, 1.82) is 0 Å². The Labute approximate surface area is 111 Å². The van der Waals surface area contributed by atoms with Crippen LogP contribution >= 0.6 is 15.9 Å². The van der Waals surface area contributed by atoms with E-state index < -0.39 is 6.04 Å². The number of halogens is 1. The van der Waals surface area contributed by atoms with Gasteiger partial charge in [-0.3, -0.25) is 4.79 Å². The molecule has 0 aliphatic rings. The van der Waals surface area contributed by atoms with Crippen LogP contribution in [-0.2, 0) is 11.3 Å². The van der Waals surface area contributed by atoms with Crippen LogP contribution in [0.15, 0.2) is 28.7 Å². The van der Waals surface area contributed by atoms with Crippen LogP contribution in [0, 0.1) is 5.92 Å². The Hall–Kier alpha value is -0.870. The number of benzene rings is 1. The second kappa shape index (κ2) is 6.77. The van der Waals surface area contributed by atoms with Crippen LogP contribution in [0.5, 0.6) is 0 Å². The molecule has 0 fully saturated rings. The van der Waals surface area contributed by atoms with E-state index in [1.54, 1.807) is 0 Å². The fourth-order valence-corrected chi connectivity index (χ4v) is 1.69. The van der Waals surface area contributed by atoms with E-state index in [2.05, 4.69) is 21.2 Å². The van der Waals surface area contributed by atoms with Crippen LogP contribution in [0.2, 0.25) is 0 Å². The molecule has 0 radical (unpaired) electrons. The van der Waals surface area contributed by atoms with Crippen LogP contribution < -0.4 is 11.1 Å². The maximum absolute atomic E-state index is 11.7. The molecule has 0 saturated heterocycles. The summed E-state index contributed by atoms with van der Waals surface area (Å²) in [7, 11) is 0. The first kappa shape index (κ1) is 14.2. The second-order valence-electron chi connectivity index (χ2n) is 4.26. The largest absolute Gasteiger partial charge is 0.351 e. The van der Waals surface area contributed by atoms with Crippen molar-refractivity contribution in [3.05, 3.63) is 34.3 Å². The van der Waals surface area contributed by atoms with Crippen LogP contribution in [0.3, 0.4) is 0 Å². The van der Waals surface area contributed by atoms with Gasteiger partial charge in [0.15, 0.2) is 0 Å². The fourth-order valence-electron chi connectivity index (χ4n) is 1.42. The summed E-state index contributed by atoms with van der Waals surface area (Å²) in [6, 6.07) is 7.43. The third kappa shape index (κ3) is 4.48. The summed E-state index contributed by atoms with van der Waals surface area (Å²) in [5.74, 6) is 0.127. The molecule has 1 rings (SSSR count). The highest BCUT2D eigenvalue weighted by molar-refractivity contribution is 9.10.